The van der Waals surface area contributed by atoms with Crippen LogP contribution >= 0.6 is 0 Å². The van der Waals surface area contributed by atoms with Crippen LogP contribution in [0.3, 0.4) is 0 Å². The number of piperidine rings is 1. The number of carbonyl (C=O) groups excluding carboxylic acids is 1. The Balaban J connectivity index is 1.06. The van der Waals surface area contributed by atoms with Crippen molar-refractivity contribution in [2.45, 2.75) is 102 Å². The predicted molar refractivity (Wildman–Crippen MR) is 257 cm³/mol. The van der Waals surface area contributed by atoms with E-state index in [4.69, 9.17) is 14.4 Å². The predicted octanol–water partition coefficient (Wildman–Crippen LogP) is 7.69. The molecule has 362 valence electrons. The number of nitrogens with zero attached hydrogens (tertiary/aromatic N) is 10. The Kier molecular flexibility index (Phi) is 9.83. The van der Waals surface area contributed by atoms with Gasteiger partial charge in [0.15, 0.2) is 11.6 Å². The largest absolute Gasteiger partial charge is 0.438 e. The second-order valence-corrected chi connectivity index (χ2v) is 20.9. The molecule has 5 aromatic heterocycles. The normalized spacial score (nSPS) is 24.4. The number of likely N-dealkylation sites (N-methyl/N-ethyl adjacent to an activating group) is 1. The van der Waals surface area contributed by atoms with E-state index in [0.29, 0.717) is 71.2 Å². The Morgan fingerprint density at radius 3 is 2.37 bits per heavy atom. The molecule has 0 radical (unpaired) electrons. The summed E-state index contributed by atoms with van der Waals surface area (Å²) >= 11 is 0. The number of hydrogen-bond donors (Lipinski definition) is 1. The van der Waals surface area contributed by atoms with E-state index < -0.39 is 28.8 Å². The lowest BCUT2D eigenvalue weighted by atomic mass is 9.80. The van der Waals surface area contributed by atoms with E-state index in [1.54, 1.807) is 60.7 Å². The van der Waals surface area contributed by atoms with E-state index in [-0.39, 0.29) is 52.2 Å². The van der Waals surface area contributed by atoms with Crippen molar-refractivity contribution in [1.82, 2.24) is 53.2 Å². The topological polar surface area (TPSA) is 159 Å². The number of aromatic amines is 1. The molecule has 1 amide bonds. The lowest BCUT2D eigenvalue weighted by molar-refractivity contribution is -0.0592. The van der Waals surface area contributed by atoms with Crippen LogP contribution in [0.15, 0.2) is 81.2 Å². The highest BCUT2D eigenvalue weighted by Crippen LogP contribution is 2.56. The third-order valence-electron chi connectivity index (χ3n) is 16.0. The molecular formula is C52H55F2N11O5. The van der Waals surface area contributed by atoms with Crippen molar-refractivity contribution in [3.8, 4) is 17.2 Å². The number of rotatable bonds is 7. The van der Waals surface area contributed by atoms with Crippen molar-refractivity contribution in [3.63, 3.8) is 0 Å². The van der Waals surface area contributed by atoms with E-state index in [2.05, 4.69) is 70.7 Å². The summed E-state index contributed by atoms with van der Waals surface area (Å²) in [6.45, 7) is 13.6. The number of carbonyl (C=O) groups is 1. The molecule has 3 aromatic carbocycles. The molecule has 0 spiro atoms. The summed E-state index contributed by atoms with van der Waals surface area (Å²) in [5.74, 6) is -1.18. The van der Waals surface area contributed by atoms with Gasteiger partial charge in [-0.05, 0) is 145 Å². The van der Waals surface area contributed by atoms with Crippen LogP contribution in [0.1, 0.15) is 116 Å². The SMILES string of the molecule is Cc1cc(-n2nc3c(c2-n2ccn(-c4ccc5c(cnn5C)c4F)c2=O)[C@H](C)N(C(=O)c2cc4cc([C@H]5CCOC(C)(C)C5)ccc4n2[C@@]2(c4noc(=O)[nH]4)C[C@@H]2C)C2CCN(C)CC32)cc(C)c1F. The van der Waals surface area contributed by atoms with Crippen LogP contribution in [0.5, 0.6) is 0 Å². The quantitative estimate of drug-likeness (QED) is 0.169. The number of H-pyrrole nitrogens is 1. The van der Waals surface area contributed by atoms with E-state index in [0.717, 1.165) is 36.0 Å². The van der Waals surface area contributed by atoms with Gasteiger partial charge in [-0.15, -0.1) is 0 Å². The molecule has 1 saturated carbocycles. The van der Waals surface area contributed by atoms with Crippen molar-refractivity contribution < 1.29 is 22.8 Å². The molecule has 8 aromatic rings. The molecule has 1 N–H and O–H groups in total. The molecule has 2 unspecified atom stereocenters. The van der Waals surface area contributed by atoms with Gasteiger partial charge < -0.3 is 19.1 Å². The van der Waals surface area contributed by atoms with Gasteiger partial charge in [-0.1, -0.05) is 18.1 Å². The van der Waals surface area contributed by atoms with Crippen molar-refractivity contribution in [2.75, 3.05) is 26.7 Å². The van der Waals surface area contributed by atoms with Gasteiger partial charge in [-0.2, -0.15) is 10.2 Å². The van der Waals surface area contributed by atoms with Gasteiger partial charge >= 0.3 is 11.4 Å². The van der Waals surface area contributed by atoms with E-state index >= 15 is 18.4 Å². The third kappa shape index (κ3) is 6.51. The first-order chi connectivity index (χ1) is 33.5. The molecule has 0 bridgehead atoms. The maximum Gasteiger partial charge on any atom is 0.438 e. The molecule has 12 rings (SSSR count). The Morgan fingerprint density at radius 2 is 1.66 bits per heavy atom. The van der Waals surface area contributed by atoms with Crippen molar-refractivity contribution in [1.29, 1.82) is 0 Å². The highest BCUT2D eigenvalue weighted by atomic mass is 19.1. The number of fused-ring (bicyclic) bond motifs is 5. The fourth-order valence-electron chi connectivity index (χ4n) is 12.4. The number of imidazole rings is 1. The Bertz CT molecular complexity index is 3570. The highest BCUT2D eigenvalue weighted by Gasteiger charge is 2.60. The number of aryl methyl sites for hydroxylation is 3. The van der Waals surface area contributed by atoms with Gasteiger partial charge in [0.1, 0.15) is 22.9 Å². The Morgan fingerprint density at radius 1 is 0.914 bits per heavy atom. The molecule has 2 saturated heterocycles. The number of nitrogens with one attached hydrogen (secondary N) is 1. The van der Waals surface area contributed by atoms with Gasteiger partial charge in [0.05, 0.1) is 45.8 Å². The smallest absolute Gasteiger partial charge is 0.376 e. The molecule has 4 aliphatic rings. The average molecular weight is 952 g/mol. The van der Waals surface area contributed by atoms with Crippen LogP contribution in [0.2, 0.25) is 0 Å². The highest BCUT2D eigenvalue weighted by molar-refractivity contribution is 6.00. The number of halogens is 2. The second-order valence-electron chi connectivity index (χ2n) is 20.9. The first-order valence-electron chi connectivity index (χ1n) is 24.1. The summed E-state index contributed by atoms with van der Waals surface area (Å²) in [4.78, 5) is 50.9. The van der Waals surface area contributed by atoms with Gasteiger partial charge in [0, 0.05) is 61.0 Å². The monoisotopic (exact) mass is 951 g/mol. The second kappa shape index (κ2) is 15.5. The standard InChI is InChI=1S/C52H55F2N11O5/c1-27-19-34(20-28(2)43(27)53)65-46(62-17-16-61(50(62)68)40-12-11-38-35(44(40)54)25-55-60(38)8)42-30(4)63(39-13-15-59(7)26-36(39)45(42)57-65)47(66)41-22-33-21-31(32-14-18-69-51(5,6)24-32)9-10-37(33)64(41)52(23-29(52)3)48-56-49(67)70-58-48/h9-12,16-17,19-22,25,29-30,32,36,39H,13-15,18,23-24,26H2,1-8H3,(H,56,58,67)/t29-,30-,32-,36?,39?,52-/m0/s1. The van der Waals surface area contributed by atoms with Crippen LogP contribution in [-0.4, -0.2) is 97.5 Å². The number of amides is 1. The van der Waals surface area contributed by atoms with Crippen molar-refractivity contribution in [2.24, 2.45) is 13.0 Å². The zero-order valence-electron chi connectivity index (χ0n) is 40.5. The summed E-state index contributed by atoms with van der Waals surface area (Å²) in [5.41, 5.74) is 4.05. The first-order valence-corrected chi connectivity index (χ1v) is 24.1. The number of ether oxygens (including phenoxy) is 1. The summed E-state index contributed by atoms with van der Waals surface area (Å²) in [5, 5.41) is 15.0. The van der Waals surface area contributed by atoms with Gasteiger partial charge in [0.25, 0.3) is 5.91 Å². The van der Waals surface area contributed by atoms with Crippen LogP contribution in [0.4, 0.5) is 8.78 Å². The Hall–Kier alpha value is -6.92. The number of aromatic nitrogens is 9. The van der Waals surface area contributed by atoms with Gasteiger partial charge in [-0.25, -0.2) is 23.1 Å². The molecule has 3 aliphatic heterocycles. The summed E-state index contributed by atoms with van der Waals surface area (Å²) in [6, 6.07) is 14.1. The molecule has 16 nitrogen and oxygen atoms in total. The van der Waals surface area contributed by atoms with Crippen molar-refractivity contribution in [3.05, 3.63) is 139 Å². The van der Waals surface area contributed by atoms with Crippen LogP contribution < -0.4 is 11.4 Å². The van der Waals surface area contributed by atoms with Gasteiger partial charge in [0.2, 0.25) is 0 Å². The molecule has 8 heterocycles. The summed E-state index contributed by atoms with van der Waals surface area (Å²) in [6.07, 6.45) is 7.53. The van der Waals surface area contributed by atoms with Crippen LogP contribution in [0, 0.1) is 31.4 Å². The number of hydrogen-bond acceptors (Lipinski definition) is 9. The van der Waals surface area contributed by atoms with E-state index in [1.807, 2.05) is 17.9 Å². The van der Waals surface area contributed by atoms with Crippen LogP contribution in [0.25, 0.3) is 39.0 Å². The minimum Gasteiger partial charge on any atom is -0.376 e. The fourth-order valence-corrected chi connectivity index (χ4v) is 12.4. The van der Waals surface area contributed by atoms with Crippen molar-refractivity contribution >= 4 is 27.7 Å². The Labute approximate surface area is 401 Å². The molecule has 18 heteroatoms. The number of benzene rings is 3. The maximum atomic E-state index is 16.4. The summed E-state index contributed by atoms with van der Waals surface area (Å²) < 4.78 is 51.0. The van der Waals surface area contributed by atoms with E-state index in [9.17, 15) is 4.79 Å². The minimum atomic E-state index is -0.879. The minimum absolute atomic E-state index is 0.0140. The summed E-state index contributed by atoms with van der Waals surface area (Å²) in [7, 11) is 3.78. The first kappa shape index (κ1) is 44.3. The molecule has 70 heavy (non-hydrogen) atoms. The van der Waals surface area contributed by atoms with E-state index in [1.165, 1.54) is 27.1 Å². The fraction of sp³-hybridized carbons (Fsp3) is 0.423. The zero-order chi connectivity index (χ0) is 48.9. The molecule has 1 aliphatic carbocycles. The zero-order valence-corrected chi connectivity index (χ0v) is 40.5. The average Bonchev–Trinajstić information content (AvgIpc) is 3.96. The third-order valence-corrected chi connectivity index (χ3v) is 16.0. The lowest BCUT2D eigenvalue weighted by Crippen LogP contribution is -2.55. The van der Waals surface area contributed by atoms with Crippen LogP contribution in [-0.2, 0) is 17.3 Å². The molecule has 3 fully saturated rings. The maximum absolute atomic E-state index is 16.4. The molecule has 6 atom stereocenters. The lowest BCUT2D eigenvalue weighted by Gasteiger charge is -2.48. The number of likely N-dealkylation sites (tertiary alicyclic amines) is 1. The van der Waals surface area contributed by atoms with Gasteiger partial charge in [-0.3, -0.25) is 28.1 Å². The molecular weight excluding hydrogens is 897 g/mol.